The Kier molecular flexibility index (Phi) is 3.46. The van der Waals surface area contributed by atoms with Gasteiger partial charge in [-0.3, -0.25) is 14.9 Å². The first-order chi connectivity index (χ1) is 8.52. The van der Waals surface area contributed by atoms with Gasteiger partial charge in [-0.1, -0.05) is 0 Å². The molecule has 0 aliphatic heterocycles. The molecule has 0 amide bonds. The number of rotatable bonds is 3. The number of halogens is 1. The Morgan fingerprint density at radius 3 is 2.61 bits per heavy atom. The molecule has 0 radical (unpaired) electrons. The Morgan fingerprint density at radius 1 is 1.39 bits per heavy atom. The molecule has 5 nitrogen and oxygen atoms in total. The van der Waals surface area contributed by atoms with Gasteiger partial charge in [0.05, 0.1) is 4.92 Å². The molecule has 1 heterocycles. The van der Waals surface area contributed by atoms with E-state index >= 15 is 0 Å². The molecule has 0 aliphatic carbocycles. The highest BCUT2D eigenvalue weighted by atomic mass is 127. The highest BCUT2D eigenvalue weighted by Crippen LogP contribution is 2.33. The summed E-state index contributed by atoms with van der Waals surface area (Å²) < 4.78 is 6.05. The molecule has 0 aliphatic rings. The topological polar surface area (TPSA) is 73.3 Å². The largest absolute Gasteiger partial charge is 0.453 e. The summed E-state index contributed by atoms with van der Waals surface area (Å²) in [5.74, 6) is 0.771. The van der Waals surface area contributed by atoms with Crippen molar-refractivity contribution < 1.29 is 14.1 Å². The Morgan fingerprint density at radius 2 is 2.11 bits per heavy atom. The Bertz CT molecular complexity index is 610. The zero-order valence-corrected chi connectivity index (χ0v) is 11.5. The van der Waals surface area contributed by atoms with Gasteiger partial charge in [0.15, 0.2) is 12.0 Å². The maximum Gasteiger partial charge on any atom is 0.270 e. The first-order valence-corrected chi connectivity index (χ1v) is 6.10. The van der Waals surface area contributed by atoms with Crippen molar-refractivity contribution in [2.45, 2.75) is 6.92 Å². The SMILES string of the molecule is Cc1cc([N+](=O)[O-])cc(I)c1-c1ccc(C=O)o1. The van der Waals surface area contributed by atoms with Crippen LogP contribution in [0.2, 0.25) is 0 Å². The molecule has 0 N–H and O–H groups in total. The lowest BCUT2D eigenvalue weighted by Gasteiger charge is -2.05. The third-order valence-corrected chi connectivity index (χ3v) is 3.32. The molecule has 1 aromatic heterocycles. The van der Waals surface area contributed by atoms with Gasteiger partial charge in [-0.2, -0.15) is 0 Å². The summed E-state index contributed by atoms with van der Waals surface area (Å²) in [6.45, 7) is 1.77. The van der Waals surface area contributed by atoms with Gasteiger partial charge in [0, 0.05) is 21.3 Å². The molecule has 92 valence electrons. The van der Waals surface area contributed by atoms with Crippen LogP contribution in [0.4, 0.5) is 5.69 Å². The molecule has 0 saturated heterocycles. The second kappa shape index (κ2) is 4.89. The van der Waals surface area contributed by atoms with Crippen LogP contribution in [0.5, 0.6) is 0 Å². The number of non-ortho nitro benzene ring substituents is 1. The van der Waals surface area contributed by atoms with E-state index in [1.165, 1.54) is 12.1 Å². The molecule has 0 spiro atoms. The molecule has 2 aromatic rings. The number of hydrogen-bond donors (Lipinski definition) is 0. The van der Waals surface area contributed by atoms with E-state index in [-0.39, 0.29) is 11.4 Å². The summed E-state index contributed by atoms with van der Waals surface area (Å²) in [7, 11) is 0. The smallest absolute Gasteiger partial charge is 0.270 e. The van der Waals surface area contributed by atoms with Crippen molar-refractivity contribution in [3.05, 3.63) is 49.3 Å². The minimum Gasteiger partial charge on any atom is -0.453 e. The first kappa shape index (κ1) is 12.7. The average molecular weight is 357 g/mol. The van der Waals surface area contributed by atoms with Crippen LogP contribution in [0.15, 0.2) is 28.7 Å². The minimum atomic E-state index is -0.433. The fourth-order valence-electron chi connectivity index (χ4n) is 1.69. The van der Waals surface area contributed by atoms with Crippen molar-refractivity contribution in [1.29, 1.82) is 0 Å². The van der Waals surface area contributed by atoms with Crippen LogP contribution in [-0.4, -0.2) is 11.2 Å². The lowest BCUT2D eigenvalue weighted by Crippen LogP contribution is -1.93. The van der Waals surface area contributed by atoms with E-state index < -0.39 is 4.92 Å². The Hall–Kier alpha value is -1.70. The van der Waals surface area contributed by atoms with E-state index in [0.29, 0.717) is 15.6 Å². The van der Waals surface area contributed by atoms with E-state index in [9.17, 15) is 14.9 Å². The van der Waals surface area contributed by atoms with Crippen molar-refractivity contribution in [3.8, 4) is 11.3 Å². The van der Waals surface area contributed by atoms with Crippen LogP contribution in [-0.2, 0) is 0 Å². The number of carbonyl (C=O) groups is 1. The van der Waals surface area contributed by atoms with E-state index in [1.807, 2.05) is 22.6 Å². The van der Waals surface area contributed by atoms with Crippen molar-refractivity contribution in [1.82, 2.24) is 0 Å². The summed E-state index contributed by atoms with van der Waals surface area (Å²) in [5, 5.41) is 10.7. The molecule has 2 rings (SSSR count). The second-order valence-corrected chi connectivity index (χ2v) is 4.86. The Balaban J connectivity index is 2.57. The summed E-state index contributed by atoms with van der Waals surface area (Å²) in [6, 6.07) is 6.21. The monoisotopic (exact) mass is 357 g/mol. The van der Waals surface area contributed by atoms with Crippen LogP contribution in [0, 0.1) is 20.6 Å². The van der Waals surface area contributed by atoms with Crippen LogP contribution in [0.1, 0.15) is 16.1 Å². The van der Waals surface area contributed by atoms with E-state index in [4.69, 9.17) is 4.42 Å². The predicted octanol–water partition coefficient (Wildman–Crippen LogP) is 3.58. The molecule has 0 atom stereocenters. The highest BCUT2D eigenvalue weighted by Gasteiger charge is 2.16. The summed E-state index contributed by atoms with van der Waals surface area (Å²) in [6.07, 6.45) is 0.622. The summed E-state index contributed by atoms with van der Waals surface area (Å²) in [4.78, 5) is 20.9. The van der Waals surface area contributed by atoms with Gasteiger partial charge in [0.25, 0.3) is 5.69 Å². The van der Waals surface area contributed by atoms with Crippen molar-refractivity contribution >= 4 is 34.6 Å². The standard InChI is InChI=1S/C12H8INO4/c1-7-4-8(14(16)17)5-10(13)12(7)11-3-2-9(6-15)18-11/h2-6H,1H3. The quantitative estimate of drug-likeness (QED) is 0.364. The van der Waals surface area contributed by atoms with Gasteiger partial charge < -0.3 is 4.42 Å². The number of hydrogen-bond acceptors (Lipinski definition) is 4. The van der Waals surface area contributed by atoms with E-state index in [0.717, 1.165) is 11.1 Å². The molecular weight excluding hydrogens is 349 g/mol. The predicted molar refractivity (Wildman–Crippen MR) is 73.6 cm³/mol. The maximum absolute atomic E-state index is 10.7. The number of nitro benzene ring substituents is 1. The zero-order chi connectivity index (χ0) is 13.3. The lowest BCUT2D eigenvalue weighted by atomic mass is 10.1. The van der Waals surface area contributed by atoms with Gasteiger partial charge in [0.2, 0.25) is 0 Å². The number of benzene rings is 1. The third-order valence-electron chi connectivity index (χ3n) is 2.47. The number of nitro groups is 1. The number of aldehydes is 1. The highest BCUT2D eigenvalue weighted by molar-refractivity contribution is 14.1. The zero-order valence-electron chi connectivity index (χ0n) is 9.34. The van der Waals surface area contributed by atoms with Crippen molar-refractivity contribution in [2.75, 3.05) is 0 Å². The molecule has 6 heteroatoms. The number of aryl methyl sites for hydroxylation is 1. The number of furan rings is 1. The average Bonchev–Trinajstić information content (AvgIpc) is 2.76. The summed E-state index contributed by atoms with van der Waals surface area (Å²) in [5.41, 5.74) is 1.55. The fraction of sp³-hybridized carbons (Fsp3) is 0.0833. The molecule has 18 heavy (non-hydrogen) atoms. The minimum absolute atomic E-state index is 0.0443. The van der Waals surface area contributed by atoms with Crippen LogP contribution in [0.25, 0.3) is 11.3 Å². The van der Waals surface area contributed by atoms with Gasteiger partial charge in [-0.25, -0.2) is 0 Å². The normalized spacial score (nSPS) is 10.3. The van der Waals surface area contributed by atoms with Crippen LogP contribution in [0.3, 0.4) is 0 Å². The lowest BCUT2D eigenvalue weighted by molar-refractivity contribution is -0.385. The van der Waals surface area contributed by atoms with Crippen molar-refractivity contribution in [3.63, 3.8) is 0 Å². The van der Waals surface area contributed by atoms with Gasteiger partial charge >= 0.3 is 0 Å². The molecule has 0 fully saturated rings. The van der Waals surface area contributed by atoms with Crippen LogP contribution >= 0.6 is 22.6 Å². The molecule has 0 unspecified atom stereocenters. The van der Waals surface area contributed by atoms with E-state index in [2.05, 4.69) is 0 Å². The molecule has 1 aromatic carbocycles. The molecule has 0 bridgehead atoms. The summed E-state index contributed by atoms with van der Waals surface area (Å²) >= 11 is 2.02. The number of nitrogens with zero attached hydrogens (tertiary/aromatic N) is 1. The Labute approximate surface area is 116 Å². The maximum atomic E-state index is 10.7. The van der Waals surface area contributed by atoms with Crippen LogP contribution < -0.4 is 0 Å². The second-order valence-electron chi connectivity index (χ2n) is 3.70. The van der Waals surface area contributed by atoms with Crippen molar-refractivity contribution in [2.24, 2.45) is 0 Å². The third kappa shape index (κ3) is 2.28. The van der Waals surface area contributed by atoms with Gasteiger partial charge in [-0.15, -0.1) is 0 Å². The molecular formula is C12H8INO4. The molecule has 0 saturated carbocycles. The first-order valence-electron chi connectivity index (χ1n) is 5.03. The van der Waals surface area contributed by atoms with Gasteiger partial charge in [0.1, 0.15) is 5.76 Å². The van der Waals surface area contributed by atoms with Gasteiger partial charge in [-0.05, 0) is 47.2 Å². The fourth-order valence-corrected chi connectivity index (χ4v) is 2.70. The number of carbonyl (C=O) groups excluding carboxylic acids is 1. The van der Waals surface area contributed by atoms with E-state index in [1.54, 1.807) is 19.1 Å².